The van der Waals surface area contributed by atoms with Crippen LogP contribution in [0.25, 0.3) is 21.8 Å². The van der Waals surface area contributed by atoms with Gasteiger partial charge in [0.15, 0.2) is 0 Å². The number of hydrogen-bond acceptors (Lipinski definition) is 5. The number of halogens is 1. The fourth-order valence-electron chi connectivity index (χ4n) is 3.42. The minimum atomic E-state index is -1.00. The summed E-state index contributed by atoms with van der Waals surface area (Å²) in [6.45, 7) is 0. The Hall–Kier alpha value is -3.33. The smallest absolute Gasteiger partial charge is 0.322 e. The SMILES string of the molecule is COC(=O)[C@@H](N)Cc1c[nH]c2ccccc12.N[C@@H](Cc1c[nH]c2ccc(Cl)cc12)C(=O)O. The number of carbonyl (C=O) groups is 2. The zero-order valence-corrected chi connectivity index (χ0v) is 18.2. The topological polar surface area (TPSA) is 147 Å². The Morgan fingerprint density at radius 1 is 0.969 bits per heavy atom. The summed E-state index contributed by atoms with van der Waals surface area (Å²) in [4.78, 5) is 28.1. The van der Waals surface area contributed by atoms with E-state index in [0.29, 0.717) is 11.4 Å². The third-order valence-corrected chi connectivity index (χ3v) is 5.34. The number of nitrogens with one attached hydrogen (secondary N) is 2. The summed E-state index contributed by atoms with van der Waals surface area (Å²) >= 11 is 5.89. The predicted octanol–water partition coefficient (Wildman–Crippen LogP) is 2.99. The fraction of sp³-hybridized carbons (Fsp3) is 0.217. The molecule has 0 spiro atoms. The molecule has 2 aromatic carbocycles. The van der Waals surface area contributed by atoms with Crippen molar-refractivity contribution in [2.45, 2.75) is 24.9 Å². The zero-order valence-electron chi connectivity index (χ0n) is 17.5. The number of ether oxygens (including phenoxy) is 1. The molecule has 0 aliphatic heterocycles. The molecule has 0 aliphatic carbocycles. The predicted molar refractivity (Wildman–Crippen MR) is 125 cm³/mol. The van der Waals surface area contributed by atoms with Gasteiger partial charge in [-0.25, -0.2) is 0 Å². The van der Waals surface area contributed by atoms with Crippen LogP contribution in [0.2, 0.25) is 5.02 Å². The number of carboxylic acid groups (broad SMARTS) is 1. The molecule has 4 aromatic rings. The molecule has 0 unspecified atom stereocenters. The van der Waals surface area contributed by atoms with Crippen molar-refractivity contribution in [2.24, 2.45) is 11.5 Å². The van der Waals surface area contributed by atoms with Gasteiger partial charge in [-0.3, -0.25) is 9.59 Å². The quantitative estimate of drug-likeness (QED) is 0.282. The highest BCUT2D eigenvalue weighted by atomic mass is 35.5. The number of esters is 1. The van der Waals surface area contributed by atoms with Crippen LogP contribution in [0.1, 0.15) is 11.1 Å². The largest absolute Gasteiger partial charge is 0.480 e. The van der Waals surface area contributed by atoms with Crippen LogP contribution in [0.4, 0.5) is 0 Å². The number of para-hydroxylation sites is 1. The molecule has 2 heterocycles. The number of rotatable bonds is 6. The van der Waals surface area contributed by atoms with Gasteiger partial charge in [-0.15, -0.1) is 0 Å². The molecule has 0 fully saturated rings. The van der Waals surface area contributed by atoms with E-state index >= 15 is 0 Å². The number of aromatic nitrogens is 2. The highest BCUT2D eigenvalue weighted by Gasteiger charge is 2.16. The lowest BCUT2D eigenvalue weighted by Crippen LogP contribution is -2.33. The summed E-state index contributed by atoms with van der Waals surface area (Å²) in [7, 11) is 1.34. The molecule has 0 saturated carbocycles. The maximum Gasteiger partial charge on any atom is 0.322 e. The van der Waals surface area contributed by atoms with Crippen molar-refractivity contribution in [3.05, 3.63) is 71.0 Å². The van der Waals surface area contributed by atoms with Gasteiger partial charge in [-0.1, -0.05) is 29.8 Å². The van der Waals surface area contributed by atoms with Crippen LogP contribution in [-0.2, 0) is 27.2 Å². The van der Waals surface area contributed by atoms with Gasteiger partial charge in [0.05, 0.1) is 7.11 Å². The van der Waals surface area contributed by atoms with Crippen LogP contribution in [0, 0.1) is 0 Å². The number of carbonyl (C=O) groups excluding carboxylic acids is 1. The molecule has 0 aliphatic rings. The van der Waals surface area contributed by atoms with E-state index in [0.717, 1.165) is 32.9 Å². The Bertz CT molecular complexity index is 1230. The molecule has 8 nitrogen and oxygen atoms in total. The number of aromatic amines is 2. The van der Waals surface area contributed by atoms with Crippen molar-refractivity contribution < 1.29 is 19.4 Å². The van der Waals surface area contributed by atoms with Gasteiger partial charge in [0.2, 0.25) is 0 Å². The standard InChI is InChI=1S/C12H14N2O2.C11H11ClN2O2/c1-16-12(15)10(13)6-8-7-14-11-5-3-2-4-9(8)11;12-7-1-2-10-8(4-7)6(5-14-10)3-9(13)11(15)16/h2-5,7,10,14H,6,13H2,1H3;1-2,4-5,9,14H,3,13H2,(H,15,16)/t10-;9-/m00/s1. The van der Waals surface area contributed by atoms with Crippen LogP contribution in [0.5, 0.6) is 0 Å². The Balaban J connectivity index is 0.000000181. The van der Waals surface area contributed by atoms with Gasteiger partial charge in [0.25, 0.3) is 0 Å². The third-order valence-electron chi connectivity index (χ3n) is 5.11. The van der Waals surface area contributed by atoms with Crippen LogP contribution in [0.15, 0.2) is 54.9 Å². The van der Waals surface area contributed by atoms with Gasteiger partial charge in [0, 0.05) is 52.1 Å². The first kappa shape index (κ1) is 23.3. The molecule has 7 N–H and O–H groups in total. The van der Waals surface area contributed by atoms with Crippen molar-refractivity contribution in [2.75, 3.05) is 7.11 Å². The maximum atomic E-state index is 11.2. The normalized spacial score (nSPS) is 12.8. The van der Waals surface area contributed by atoms with Gasteiger partial charge >= 0.3 is 11.9 Å². The molecule has 0 radical (unpaired) electrons. The Labute approximate surface area is 189 Å². The van der Waals surface area contributed by atoms with Crippen molar-refractivity contribution >= 4 is 45.3 Å². The molecular weight excluding hydrogens is 432 g/mol. The van der Waals surface area contributed by atoms with Gasteiger partial charge < -0.3 is 31.3 Å². The molecule has 9 heteroatoms. The van der Waals surface area contributed by atoms with E-state index in [4.69, 9.17) is 28.2 Å². The van der Waals surface area contributed by atoms with E-state index < -0.39 is 18.1 Å². The molecule has 4 rings (SSSR count). The van der Waals surface area contributed by atoms with E-state index in [-0.39, 0.29) is 12.4 Å². The third kappa shape index (κ3) is 5.47. The highest BCUT2D eigenvalue weighted by molar-refractivity contribution is 6.31. The van der Waals surface area contributed by atoms with Crippen molar-refractivity contribution in [1.29, 1.82) is 0 Å². The van der Waals surface area contributed by atoms with E-state index in [1.165, 1.54) is 7.11 Å². The van der Waals surface area contributed by atoms with E-state index in [1.54, 1.807) is 18.3 Å². The molecule has 0 amide bonds. The molecule has 32 heavy (non-hydrogen) atoms. The highest BCUT2D eigenvalue weighted by Crippen LogP contribution is 2.23. The Kier molecular flexibility index (Phi) is 7.53. The summed E-state index contributed by atoms with van der Waals surface area (Å²) in [6.07, 6.45) is 4.42. The lowest BCUT2D eigenvalue weighted by Gasteiger charge is -2.07. The number of H-pyrrole nitrogens is 2. The number of aliphatic carboxylic acids is 1. The van der Waals surface area contributed by atoms with Crippen LogP contribution in [-0.4, -0.2) is 46.2 Å². The molecule has 0 saturated heterocycles. The number of benzene rings is 2. The second kappa shape index (κ2) is 10.3. The molecular formula is C23H25ClN4O4. The van der Waals surface area contributed by atoms with Gasteiger partial charge in [-0.05, 0) is 35.4 Å². The average Bonchev–Trinajstić information content (AvgIpc) is 3.37. The second-order valence-electron chi connectivity index (χ2n) is 7.35. The zero-order chi connectivity index (χ0) is 23.3. The Morgan fingerprint density at radius 2 is 1.56 bits per heavy atom. The first-order valence-electron chi connectivity index (χ1n) is 9.92. The minimum absolute atomic E-state index is 0.287. The number of fused-ring (bicyclic) bond motifs is 2. The fourth-order valence-corrected chi connectivity index (χ4v) is 3.59. The molecule has 2 atom stereocenters. The van der Waals surface area contributed by atoms with E-state index in [2.05, 4.69) is 14.7 Å². The van der Waals surface area contributed by atoms with E-state index in [9.17, 15) is 9.59 Å². The summed E-state index contributed by atoms with van der Waals surface area (Å²) in [5, 5.41) is 11.4. The number of hydrogen-bond donors (Lipinski definition) is 5. The van der Waals surface area contributed by atoms with Crippen LogP contribution in [0.3, 0.4) is 0 Å². The summed E-state index contributed by atoms with van der Waals surface area (Å²) in [5.41, 5.74) is 15.1. The average molecular weight is 457 g/mol. The van der Waals surface area contributed by atoms with E-state index in [1.807, 2.05) is 36.5 Å². The lowest BCUT2D eigenvalue weighted by molar-refractivity contribution is -0.142. The second-order valence-corrected chi connectivity index (χ2v) is 7.78. The van der Waals surface area contributed by atoms with Crippen LogP contribution < -0.4 is 11.5 Å². The lowest BCUT2D eigenvalue weighted by atomic mass is 10.1. The van der Waals surface area contributed by atoms with Crippen molar-refractivity contribution in [3.63, 3.8) is 0 Å². The van der Waals surface area contributed by atoms with Crippen molar-refractivity contribution in [3.8, 4) is 0 Å². The first-order valence-corrected chi connectivity index (χ1v) is 10.3. The van der Waals surface area contributed by atoms with Crippen LogP contribution >= 0.6 is 11.6 Å². The molecule has 168 valence electrons. The Morgan fingerprint density at radius 3 is 2.22 bits per heavy atom. The van der Waals surface area contributed by atoms with Gasteiger partial charge in [-0.2, -0.15) is 0 Å². The summed E-state index contributed by atoms with van der Waals surface area (Å²) in [5.74, 6) is -1.39. The number of carboxylic acids is 1. The summed E-state index contributed by atoms with van der Waals surface area (Å²) in [6, 6.07) is 11.9. The molecule has 2 aromatic heterocycles. The van der Waals surface area contributed by atoms with Crippen molar-refractivity contribution in [1.82, 2.24) is 9.97 Å². The number of nitrogens with two attached hydrogens (primary N) is 2. The summed E-state index contributed by atoms with van der Waals surface area (Å²) < 4.78 is 4.60. The minimum Gasteiger partial charge on any atom is -0.480 e. The maximum absolute atomic E-state index is 11.2. The number of methoxy groups -OCH3 is 1. The molecule has 0 bridgehead atoms. The first-order chi connectivity index (χ1) is 15.3. The van der Waals surface area contributed by atoms with Gasteiger partial charge in [0.1, 0.15) is 12.1 Å². The monoisotopic (exact) mass is 456 g/mol.